The minimum absolute atomic E-state index is 0.459. The van der Waals surface area contributed by atoms with Gasteiger partial charge in [-0.25, -0.2) is 4.98 Å². The van der Waals surface area contributed by atoms with Crippen LogP contribution in [-0.4, -0.2) is 18.2 Å². The maximum absolute atomic E-state index is 5.83. The molecule has 0 amide bonds. The zero-order valence-corrected chi connectivity index (χ0v) is 11.9. The van der Waals surface area contributed by atoms with Crippen LogP contribution in [0, 0.1) is 0 Å². The second-order valence-electron chi connectivity index (χ2n) is 4.47. The third-order valence-electron chi connectivity index (χ3n) is 3.09. The highest BCUT2D eigenvalue weighted by Crippen LogP contribution is 2.27. The van der Waals surface area contributed by atoms with Gasteiger partial charge in [-0.05, 0) is 30.7 Å². The van der Waals surface area contributed by atoms with Crippen molar-refractivity contribution >= 4 is 22.9 Å². The molecule has 0 radical (unpaired) electrons. The molecular formula is C14H14ClNO2S. The lowest BCUT2D eigenvalue weighted by atomic mass is 10.1. The number of ether oxygens (including phenoxy) is 2. The largest absolute Gasteiger partial charge is 0.486 e. The van der Waals surface area contributed by atoms with E-state index in [0.29, 0.717) is 17.5 Å². The third kappa shape index (κ3) is 3.26. The van der Waals surface area contributed by atoms with Crippen LogP contribution in [0.25, 0.3) is 0 Å². The van der Waals surface area contributed by atoms with E-state index in [1.807, 2.05) is 24.3 Å². The first kappa shape index (κ1) is 12.9. The molecule has 1 aromatic heterocycles. The van der Waals surface area contributed by atoms with Crippen molar-refractivity contribution in [2.24, 2.45) is 0 Å². The van der Waals surface area contributed by atoms with Crippen LogP contribution in [0.1, 0.15) is 23.0 Å². The molecule has 5 heteroatoms. The molecule has 1 aliphatic heterocycles. The van der Waals surface area contributed by atoms with Gasteiger partial charge in [0.15, 0.2) is 0 Å². The van der Waals surface area contributed by atoms with Crippen LogP contribution in [0.5, 0.6) is 5.75 Å². The molecule has 2 heterocycles. The lowest BCUT2D eigenvalue weighted by molar-refractivity contribution is 0.193. The quantitative estimate of drug-likeness (QED) is 0.858. The van der Waals surface area contributed by atoms with Crippen LogP contribution in [-0.2, 0) is 11.3 Å². The van der Waals surface area contributed by atoms with Gasteiger partial charge in [-0.2, -0.15) is 0 Å². The van der Waals surface area contributed by atoms with E-state index in [2.05, 4.69) is 10.4 Å². The summed E-state index contributed by atoms with van der Waals surface area (Å²) in [5, 5.41) is 3.82. The normalized spacial score (nSPS) is 18.7. The van der Waals surface area contributed by atoms with Crippen molar-refractivity contribution in [3.8, 4) is 5.75 Å². The highest BCUT2D eigenvalue weighted by molar-refractivity contribution is 7.09. The van der Waals surface area contributed by atoms with E-state index in [0.717, 1.165) is 36.1 Å². The molecule has 0 unspecified atom stereocenters. The average molecular weight is 296 g/mol. The number of hydrogen-bond acceptors (Lipinski definition) is 4. The van der Waals surface area contributed by atoms with Crippen LogP contribution >= 0.6 is 22.9 Å². The predicted molar refractivity (Wildman–Crippen MR) is 76.1 cm³/mol. The van der Waals surface area contributed by atoms with E-state index < -0.39 is 0 Å². The van der Waals surface area contributed by atoms with Crippen LogP contribution in [0.4, 0.5) is 0 Å². The van der Waals surface area contributed by atoms with Crippen molar-refractivity contribution in [1.82, 2.24) is 4.98 Å². The molecule has 3 nitrogen and oxygen atoms in total. The summed E-state index contributed by atoms with van der Waals surface area (Å²) in [5.74, 6) is 1.27. The summed E-state index contributed by atoms with van der Waals surface area (Å²) in [5.41, 5.74) is 1.14. The molecule has 0 saturated carbocycles. The second kappa shape index (κ2) is 5.90. The van der Waals surface area contributed by atoms with E-state index in [-0.39, 0.29) is 0 Å². The van der Waals surface area contributed by atoms with Gasteiger partial charge in [0.2, 0.25) is 0 Å². The molecule has 0 spiro atoms. The Labute approximate surface area is 121 Å². The van der Waals surface area contributed by atoms with Gasteiger partial charge in [0.25, 0.3) is 0 Å². The summed E-state index contributed by atoms with van der Waals surface area (Å²) in [6, 6.07) is 7.36. The lowest BCUT2D eigenvalue weighted by Gasteiger charge is -2.04. The lowest BCUT2D eigenvalue weighted by Crippen LogP contribution is -1.99. The second-order valence-corrected chi connectivity index (χ2v) is 5.85. The first-order valence-corrected chi connectivity index (χ1v) is 7.47. The summed E-state index contributed by atoms with van der Waals surface area (Å²) in [6.07, 6.45) is 1.07. The Hall–Kier alpha value is -1.10. The summed E-state index contributed by atoms with van der Waals surface area (Å²) < 4.78 is 11.1. The maximum atomic E-state index is 5.83. The molecule has 0 N–H and O–H groups in total. The number of hydrogen-bond donors (Lipinski definition) is 0. The van der Waals surface area contributed by atoms with Crippen LogP contribution in [0.2, 0.25) is 5.02 Å². The summed E-state index contributed by atoms with van der Waals surface area (Å²) in [7, 11) is 0. The molecule has 0 bridgehead atoms. The zero-order valence-electron chi connectivity index (χ0n) is 10.3. The van der Waals surface area contributed by atoms with Gasteiger partial charge >= 0.3 is 0 Å². The number of halogens is 1. The number of rotatable bonds is 4. The Morgan fingerprint density at radius 1 is 1.37 bits per heavy atom. The van der Waals surface area contributed by atoms with Gasteiger partial charge in [-0.15, -0.1) is 11.3 Å². The smallest absolute Gasteiger partial charge is 0.140 e. The number of thiazole rings is 1. The Kier molecular flexibility index (Phi) is 4.01. The van der Waals surface area contributed by atoms with E-state index >= 15 is 0 Å². The molecule has 1 aromatic carbocycles. The Morgan fingerprint density at radius 2 is 2.21 bits per heavy atom. The fourth-order valence-corrected chi connectivity index (χ4v) is 2.94. The maximum Gasteiger partial charge on any atom is 0.140 e. The average Bonchev–Trinajstić information content (AvgIpc) is 3.09. The van der Waals surface area contributed by atoms with Crippen LogP contribution in [0.15, 0.2) is 29.6 Å². The molecular weight excluding hydrogens is 282 g/mol. The zero-order chi connectivity index (χ0) is 13.1. The molecule has 1 fully saturated rings. The number of nitrogens with zero attached hydrogens (tertiary/aromatic N) is 1. The topological polar surface area (TPSA) is 31.4 Å². The van der Waals surface area contributed by atoms with Gasteiger partial charge in [0, 0.05) is 22.9 Å². The molecule has 100 valence electrons. The van der Waals surface area contributed by atoms with Crippen molar-refractivity contribution in [1.29, 1.82) is 0 Å². The van der Waals surface area contributed by atoms with E-state index in [1.54, 1.807) is 11.3 Å². The van der Waals surface area contributed by atoms with Crippen molar-refractivity contribution in [3.63, 3.8) is 0 Å². The Balaban J connectivity index is 1.59. The first-order valence-electron chi connectivity index (χ1n) is 6.21. The Bertz CT molecular complexity index is 535. The van der Waals surface area contributed by atoms with Gasteiger partial charge in [-0.3, -0.25) is 0 Å². The fourth-order valence-electron chi connectivity index (χ4n) is 2.02. The number of benzene rings is 1. The molecule has 1 aliphatic rings. The van der Waals surface area contributed by atoms with Crippen molar-refractivity contribution < 1.29 is 9.47 Å². The van der Waals surface area contributed by atoms with Crippen molar-refractivity contribution in [2.45, 2.75) is 18.9 Å². The van der Waals surface area contributed by atoms with Crippen LogP contribution in [0.3, 0.4) is 0 Å². The predicted octanol–water partition coefficient (Wildman–Crippen LogP) is 3.88. The summed E-state index contributed by atoms with van der Waals surface area (Å²) in [6.45, 7) is 2.14. The molecule has 0 aliphatic carbocycles. The molecule has 2 aromatic rings. The SMILES string of the molecule is Clc1ccc(OCc2nc([C@@H]3CCOC3)cs2)cc1. The van der Waals surface area contributed by atoms with E-state index in [9.17, 15) is 0 Å². The first-order chi connectivity index (χ1) is 9.31. The van der Waals surface area contributed by atoms with E-state index in [1.165, 1.54) is 0 Å². The minimum Gasteiger partial charge on any atom is -0.486 e. The number of aromatic nitrogens is 1. The van der Waals surface area contributed by atoms with Gasteiger partial charge < -0.3 is 9.47 Å². The fraction of sp³-hybridized carbons (Fsp3) is 0.357. The third-order valence-corrected chi connectivity index (χ3v) is 4.19. The van der Waals surface area contributed by atoms with Gasteiger partial charge in [0.05, 0.1) is 12.3 Å². The summed E-state index contributed by atoms with van der Waals surface area (Å²) in [4.78, 5) is 4.61. The monoisotopic (exact) mass is 295 g/mol. The van der Waals surface area contributed by atoms with Gasteiger partial charge in [0.1, 0.15) is 17.4 Å². The van der Waals surface area contributed by atoms with Crippen molar-refractivity contribution in [2.75, 3.05) is 13.2 Å². The highest BCUT2D eigenvalue weighted by Gasteiger charge is 2.20. The summed E-state index contributed by atoms with van der Waals surface area (Å²) >= 11 is 7.47. The highest BCUT2D eigenvalue weighted by atomic mass is 35.5. The van der Waals surface area contributed by atoms with E-state index in [4.69, 9.17) is 21.1 Å². The van der Waals surface area contributed by atoms with Gasteiger partial charge in [-0.1, -0.05) is 11.6 Å². The standard InChI is InChI=1S/C14H14ClNO2S/c15-11-1-3-12(4-2-11)18-8-14-16-13(9-19-14)10-5-6-17-7-10/h1-4,9-10H,5-8H2/t10-/m1/s1. The van der Waals surface area contributed by atoms with Crippen molar-refractivity contribution in [3.05, 3.63) is 45.4 Å². The molecule has 1 atom stereocenters. The molecule has 19 heavy (non-hydrogen) atoms. The van der Waals surface area contributed by atoms with Crippen LogP contribution < -0.4 is 4.74 Å². The minimum atomic E-state index is 0.459. The molecule has 3 rings (SSSR count). The Morgan fingerprint density at radius 3 is 2.95 bits per heavy atom. The molecule has 1 saturated heterocycles.